The highest BCUT2D eigenvalue weighted by Crippen LogP contribution is 2.38. The van der Waals surface area contributed by atoms with Gasteiger partial charge in [-0.25, -0.2) is 4.79 Å². The molecule has 8 nitrogen and oxygen atoms in total. The molecule has 0 radical (unpaired) electrons. The van der Waals surface area contributed by atoms with Crippen LogP contribution in [-0.2, 0) is 4.74 Å². The van der Waals surface area contributed by atoms with E-state index in [9.17, 15) is 4.79 Å². The lowest BCUT2D eigenvalue weighted by Crippen LogP contribution is -2.23. The number of nitrogens with two attached hydrogens (primary N) is 2. The SMILES string of the molecule is COc1cc(C(=O)OCCN=C(N)N)cc(OC)c1OC. The summed E-state index contributed by atoms with van der Waals surface area (Å²) in [6.07, 6.45) is 0. The highest BCUT2D eigenvalue weighted by Gasteiger charge is 2.17. The van der Waals surface area contributed by atoms with E-state index in [1.165, 1.54) is 33.5 Å². The number of guanidine groups is 1. The summed E-state index contributed by atoms with van der Waals surface area (Å²) in [5.41, 5.74) is 10.6. The zero-order chi connectivity index (χ0) is 15.8. The average molecular weight is 297 g/mol. The van der Waals surface area contributed by atoms with Crippen molar-refractivity contribution in [2.45, 2.75) is 0 Å². The van der Waals surface area contributed by atoms with Gasteiger partial charge >= 0.3 is 5.97 Å². The fourth-order valence-electron chi connectivity index (χ4n) is 1.60. The molecule has 0 heterocycles. The maximum Gasteiger partial charge on any atom is 0.338 e. The number of aliphatic imine (C=N–C) groups is 1. The number of benzene rings is 1. The first-order valence-corrected chi connectivity index (χ1v) is 6.06. The molecule has 1 aromatic rings. The first-order chi connectivity index (χ1) is 10.0. The molecule has 0 saturated heterocycles. The van der Waals surface area contributed by atoms with E-state index >= 15 is 0 Å². The van der Waals surface area contributed by atoms with Gasteiger partial charge in [0, 0.05) is 0 Å². The minimum absolute atomic E-state index is 0.0566. The van der Waals surface area contributed by atoms with Gasteiger partial charge in [-0.3, -0.25) is 4.99 Å². The zero-order valence-electron chi connectivity index (χ0n) is 12.2. The van der Waals surface area contributed by atoms with Gasteiger partial charge in [0.05, 0.1) is 33.4 Å². The van der Waals surface area contributed by atoms with Crippen LogP contribution in [0.4, 0.5) is 0 Å². The van der Waals surface area contributed by atoms with Crippen LogP contribution in [0.15, 0.2) is 17.1 Å². The Morgan fingerprint density at radius 1 is 1.10 bits per heavy atom. The molecule has 0 amide bonds. The third-order valence-electron chi connectivity index (χ3n) is 2.52. The summed E-state index contributed by atoms with van der Waals surface area (Å²) < 4.78 is 20.5. The first kappa shape index (κ1) is 16.4. The Morgan fingerprint density at radius 2 is 1.67 bits per heavy atom. The number of nitrogens with zero attached hydrogens (tertiary/aromatic N) is 1. The Hall–Kier alpha value is -2.64. The molecule has 116 valence electrons. The maximum atomic E-state index is 11.9. The van der Waals surface area contributed by atoms with E-state index in [4.69, 9.17) is 30.4 Å². The molecule has 0 fully saturated rings. The molecule has 0 aliphatic heterocycles. The van der Waals surface area contributed by atoms with Crippen molar-refractivity contribution in [1.82, 2.24) is 0 Å². The smallest absolute Gasteiger partial charge is 0.338 e. The fourth-order valence-corrected chi connectivity index (χ4v) is 1.60. The second-order valence-corrected chi connectivity index (χ2v) is 3.86. The van der Waals surface area contributed by atoms with Crippen LogP contribution in [0.25, 0.3) is 0 Å². The predicted octanol–water partition coefficient (Wildman–Crippen LogP) is 0.143. The van der Waals surface area contributed by atoms with Crippen molar-refractivity contribution < 1.29 is 23.7 Å². The number of hydrogen-bond acceptors (Lipinski definition) is 6. The Morgan fingerprint density at radius 3 is 2.10 bits per heavy atom. The monoisotopic (exact) mass is 297 g/mol. The molecule has 0 spiro atoms. The van der Waals surface area contributed by atoms with Crippen molar-refractivity contribution >= 4 is 11.9 Å². The van der Waals surface area contributed by atoms with Crippen LogP contribution in [0.2, 0.25) is 0 Å². The molecule has 4 N–H and O–H groups in total. The Balaban J connectivity index is 2.87. The summed E-state index contributed by atoms with van der Waals surface area (Å²) in [7, 11) is 4.41. The number of methoxy groups -OCH3 is 3. The second-order valence-electron chi connectivity index (χ2n) is 3.86. The molecule has 21 heavy (non-hydrogen) atoms. The lowest BCUT2D eigenvalue weighted by atomic mass is 10.2. The van der Waals surface area contributed by atoms with Gasteiger partial charge in [0.15, 0.2) is 17.5 Å². The Kier molecular flexibility index (Phi) is 6.12. The van der Waals surface area contributed by atoms with E-state index in [0.29, 0.717) is 17.2 Å². The summed E-state index contributed by atoms with van der Waals surface area (Å²) in [5, 5.41) is 0. The quantitative estimate of drug-likeness (QED) is 0.318. The number of carbonyl (C=O) groups is 1. The van der Waals surface area contributed by atoms with Crippen LogP contribution >= 0.6 is 0 Å². The van der Waals surface area contributed by atoms with Crippen molar-refractivity contribution in [2.24, 2.45) is 16.5 Å². The lowest BCUT2D eigenvalue weighted by Gasteiger charge is -2.13. The summed E-state index contributed by atoms with van der Waals surface area (Å²) in [5.74, 6) is 0.539. The molecule has 1 rings (SSSR count). The molecule has 1 aromatic carbocycles. The molecule has 0 atom stereocenters. The predicted molar refractivity (Wildman–Crippen MR) is 77.1 cm³/mol. The summed E-state index contributed by atoms with van der Waals surface area (Å²) in [6.45, 7) is 0.256. The zero-order valence-corrected chi connectivity index (χ0v) is 12.2. The van der Waals surface area contributed by atoms with Gasteiger partial charge in [-0.15, -0.1) is 0 Å². The van der Waals surface area contributed by atoms with Gasteiger partial charge in [0.25, 0.3) is 0 Å². The fraction of sp³-hybridized carbons (Fsp3) is 0.385. The van der Waals surface area contributed by atoms with E-state index < -0.39 is 5.97 Å². The van der Waals surface area contributed by atoms with Gasteiger partial charge in [-0.05, 0) is 12.1 Å². The van der Waals surface area contributed by atoms with Crippen LogP contribution in [0.3, 0.4) is 0 Å². The summed E-state index contributed by atoms with van der Waals surface area (Å²) in [4.78, 5) is 15.7. The minimum Gasteiger partial charge on any atom is -0.493 e. The van der Waals surface area contributed by atoms with E-state index in [1.807, 2.05) is 0 Å². The normalized spacial score (nSPS) is 9.67. The number of hydrogen-bond donors (Lipinski definition) is 2. The van der Waals surface area contributed by atoms with Crippen LogP contribution in [-0.4, -0.2) is 46.4 Å². The van der Waals surface area contributed by atoms with Crippen molar-refractivity contribution in [3.63, 3.8) is 0 Å². The number of esters is 1. The number of rotatable bonds is 7. The summed E-state index contributed by atoms with van der Waals surface area (Å²) >= 11 is 0. The van der Waals surface area contributed by atoms with Crippen LogP contribution in [0.1, 0.15) is 10.4 Å². The van der Waals surface area contributed by atoms with E-state index in [0.717, 1.165) is 0 Å². The third-order valence-corrected chi connectivity index (χ3v) is 2.52. The van der Waals surface area contributed by atoms with Gasteiger partial charge in [-0.1, -0.05) is 0 Å². The number of ether oxygens (including phenoxy) is 4. The van der Waals surface area contributed by atoms with Gasteiger partial charge in [0.1, 0.15) is 6.61 Å². The van der Waals surface area contributed by atoms with Crippen molar-refractivity contribution in [2.75, 3.05) is 34.5 Å². The van der Waals surface area contributed by atoms with Crippen molar-refractivity contribution in [3.05, 3.63) is 17.7 Å². The third kappa shape index (κ3) is 4.44. The average Bonchev–Trinajstić information content (AvgIpc) is 2.49. The Bertz CT molecular complexity index is 502. The van der Waals surface area contributed by atoms with Gasteiger partial charge < -0.3 is 30.4 Å². The Labute approximate surface area is 122 Å². The van der Waals surface area contributed by atoms with E-state index in [1.54, 1.807) is 0 Å². The van der Waals surface area contributed by atoms with Gasteiger partial charge in [-0.2, -0.15) is 0 Å². The lowest BCUT2D eigenvalue weighted by molar-refractivity contribution is 0.0516. The van der Waals surface area contributed by atoms with E-state index in [2.05, 4.69) is 4.99 Å². The minimum atomic E-state index is -0.542. The standard InChI is InChI=1S/C13H19N3O5/c1-18-9-6-8(7-10(19-2)11(9)20-3)12(17)21-5-4-16-13(14)15/h6-7H,4-5H2,1-3H3,(H4,14,15,16). The van der Waals surface area contributed by atoms with Gasteiger partial charge in [0.2, 0.25) is 5.75 Å². The molecule has 0 saturated carbocycles. The maximum absolute atomic E-state index is 11.9. The van der Waals surface area contributed by atoms with Crippen molar-refractivity contribution in [3.8, 4) is 17.2 Å². The topological polar surface area (TPSA) is 118 Å². The molecular weight excluding hydrogens is 278 g/mol. The molecule has 0 aliphatic carbocycles. The molecule has 0 aliphatic rings. The first-order valence-electron chi connectivity index (χ1n) is 6.06. The highest BCUT2D eigenvalue weighted by atomic mass is 16.5. The van der Waals surface area contributed by atoms with Crippen LogP contribution in [0.5, 0.6) is 17.2 Å². The van der Waals surface area contributed by atoms with E-state index in [-0.39, 0.29) is 24.7 Å². The molecule has 8 heteroatoms. The largest absolute Gasteiger partial charge is 0.493 e. The molecule has 0 bridgehead atoms. The van der Waals surface area contributed by atoms with Crippen molar-refractivity contribution in [1.29, 1.82) is 0 Å². The molecule has 0 unspecified atom stereocenters. The second kappa shape index (κ2) is 7.83. The van der Waals surface area contributed by atoms with Crippen LogP contribution in [0, 0.1) is 0 Å². The highest BCUT2D eigenvalue weighted by molar-refractivity contribution is 5.91. The van der Waals surface area contributed by atoms with Crippen LogP contribution < -0.4 is 25.7 Å². The molecular formula is C13H19N3O5. The molecule has 0 aromatic heterocycles. The summed E-state index contributed by atoms with van der Waals surface area (Å²) in [6, 6.07) is 3.01. The number of carbonyl (C=O) groups excluding carboxylic acids is 1.